The van der Waals surface area contributed by atoms with Crippen LogP contribution in [0.1, 0.15) is 38.9 Å². The SMILES string of the molecule is CC(C)N1CCC(N[C@H](C)c2ccccn2)C1. The highest BCUT2D eigenvalue weighted by molar-refractivity contribution is 5.08. The van der Waals surface area contributed by atoms with E-state index >= 15 is 0 Å². The summed E-state index contributed by atoms with van der Waals surface area (Å²) in [6, 6.07) is 7.71. The second-order valence-electron chi connectivity index (χ2n) is 5.22. The van der Waals surface area contributed by atoms with Crippen molar-refractivity contribution in [2.24, 2.45) is 0 Å². The smallest absolute Gasteiger partial charge is 0.0570 e. The van der Waals surface area contributed by atoms with Crippen LogP contribution in [0, 0.1) is 0 Å². The molecular formula is C14H23N3. The zero-order valence-corrected chi connectivity index (χ0v) is 11.1. The molecule has 1 N–H and O–H groups in total. The van der Waals surface area contributed by atoms with Crippen LogP contribution in [0.15, 0.2) is 24.4 Å². The maximum absolute atomic E-state index is 4.40. The first kappa shape index (κ1) is 12.5. The van der Waals surface area contributed by atoms with E-state index in [0.29, 0.717) is 18.1 Å². The quantitative estimate of drug-likeness (QED) is 0.864. The van der Waals surface area contributed by atoms with Crippen molar-refractivity contribution < 1.29 is 0 Å². The van der Waals surface area contributed by atoms with Crippen LogP contribution in [0.5, 0.6) is 0 Å². The second-order valence-corrected chi connectivity index (χ2v) is 5.22. The highest BCUT2D eigenvalue weighted by atomic mass is 15.2. The van der Waals surface area contributed by atoms with Gasteiger partial charge in [0, 0.05) is 30.9 Å². The maximum atomic E-state index is 4.40. The summed E-state index contributed by atoms with van der Waals surface area (Å²) >= 11 is 0. The fraction of sp³-hybridized carbons (Fsp3) is 0.643. The first-order chi connectivity index (χ1) is 8.16. The van der Waals surface area contributed by atoms with E-state index in [9.17, 15) is 0 Å². The number of nitrogens with zero attached hydrogens (tertiary/aromatic N) is 2. The molecule has 0 amide bonds. The summed E-state index contributed by atoms with van der Waals surface area (Å²) in [5.74, 6) is 0. The third kappa shape index (κ3) is 3.27. The third-order valence-corrected chi connectivity index (χ3v) is 3.57. The van der Waals surface area contributed by atoms with Crippen molar-refractivity contribution in [1.29, 1.82) is 0 Å². The lowest BCUT2D eigenvalue weighted by atomic mass is 10.1. The van der Waals surface area contributed by atoms with Gasteiger partial charge in [-0.05, 0) is 45.9 Å². The van der Waals surface area contributed by atoms with Gasteiger partial charge < -0.3 is 5.32 Å². The second kappa shape index (κ2) is 5.61. The molecule has 2 heterocycles. The van der Waals surface area contributed by atoms with Gasteiger partial charge in [0.05, 0.1) is 5.69 Å². The molecule has 1 aromatic heterocycles. The van der Waals surface area contributed by atoms with Crippen LogP contribution in [-0.4, -0.2) is 35.1 Å². The maximum Gasteiger partial charge on any atom is 0.0570 e. The van der Waals surface area contributed by atoms with Crippen LogP contribution >= 0.6 is 0 Å². The van der Waals surface area contributed by atoms with E-state index in [-0.39, 0.29) is 0 Å². The van der Waals surface area contributed by atoms with Gasteiger partial charge in [-0.25, -0.2) is 0 Å². The van der Waals surface area contributed by atoms with E-state index in [1.165, 1.54) is 13.0 Å². The minimum absolute atomic E-state index is 0.341. The lowest BCUT2D eigenvalue weighted by molar-refractivity contribution is 0.266. The molecule has 1 unspecified atom stereocenters. The Labute approximate surface area is 104 Å². The molecule has 1 aliphatic heterocycles. The topological polar surface area (TPSA) is 28.2 Å². The van der Waals surface area contributed by atoms with Crippen LogP contribution < -0.4 is 5.32 Å². The van der Waals surface area contributed by atoms with E-state index in [2.05, 4.69) is 48.1 Å². The molecule has 1 aromatic rings. The third-order valence-electron chi connectivity index (χ3n) is 3.57. The van der Waals surface area contributed by atoms with E-state index in [4.69, 9.17) is 0 Å². The number of rotatable bonds is 4. The van der Waals surface area contributed by atoms with Gasteiger partial charge in [-0.2, -0.15) is 0 Å². The molecule has 1 saturated heterocycles. The lowest BCUT2D eigenvalue weighted by Crippen LogP contribution is -2.36. The monoisotopic (exact) mass is 233 g/mol. The van der Waals surface area contributed by atoms with Gasteiger partial charge >= 0.3 is 0 Å². The predicted octanol–water partition coefficient (Wildman–Crippen LogP) is 2.21. The Kier molecular flexibility index (Phi) is 4.13. The van der Waals surface area contributed by atoms with E-state index in [0.717, 1.165) is 12.2 Å². The molecule has 0 saturated carbocycles. The Balaban J connectivity index is 1.86. The van der Waals surface area contributed by atoms with Crippen molar-refractivity contribution in [3.8, 4) is 0 Å². The predicted molar refractivity (Wildman–Crippen MR) is 70.9 cm³/mol. The Bertz CT molecular complexity index is 337. The molecule has 1 aliphatic rings. The number of hydrogen-bond acceptors (Lipinski definition) is 3. The summed E-state index contributed by atoms with van der Waals surface area (Å²) in [6.07, 6.45) is 3.11. The van der Waals surface area contributed by atoms with Crippen LogP contribution in [0.2, 0.25) is 0 Å². The summed E-state index contributed by atoms with van der Waals surface area (Å²) in [4.78, 5) is 6.93. The van der Waals surface area contributed by atoms with E-state index < -0.39 is 0 Å². The molecule has 94 valence electrons. The highest BCUT2D eigenvalue weighted by Crippen LogP contribution is 2.16. The van der Waals surface area contributed by atoms with E-state index in [1.807, 2.05) is 12.3 Å². The minimum atomic E-state index is 0.341. The molecule has 3 heteroatoms. The average Bonchev–Trinajstić information content (AvgIpc) is 2.79. The summed E-state index contributed by atoms with van der Waals surface area (Å²) < 4.78 is 0. The van der Waals surface area contributed by atoms with E-state index in [1.54, 1.807) is 0 Å². The molecule has 3 nitrogen and oxygen atoms in total. The number of nitrogens with one attached hydrogen (secondary N) is 1. The first-order valence-corrected chi connectivity index (χ1v) is 6.58. The zero-order valence-electron chi connectivity index (χ0n) is 11.1. The number of aromatic nitrogens is 1. The van der Waals surface area contributed by atoms with Crippen molar-refractivity contribution in [2.45, 2.75) is 45.3 Å². The molecule has 0 radical (unpaired) electrons. The molecule has 2 atom stereocenters. The van der Waals surface area contributed by atoms with Crippen LogP contribution in [0.3, 0.4) is 0 Å². The normalized spacial score (nSPS) is 23.2. The molecule has 17 heavy (non-hydrogen) atoms. The van der Waals surface area contributed by atoms with Crippen LogP contribution in [0.25, 0.3) is 0 Å². The highest BCUT2D eigenvalue weighted by Gasteiger charge is 2.25. The lowest BCUT2D eigenvalue weighted by Gasteiger charge is -2.22. The number of hydrogen-bond donors (Lipinski definition) is 1. The number of pyridine rings is 1. The van der Waals surface area contributed by atoms with Gasteiger partial charge in [0.15, 0.2) is 0 Å². The molecule has 0 bridgehead atoms. The Morgan fingerprint density at radius 2 is 2.18 bits per heavy atom. The first-order valence-electron chi connectivity index (χ1n) is 6.58. The molecule has 0 spiro atoms. The summed E-state index contributed by atoms with van der Waals surface area (Å²) in [7, 11) is 0. The molecule has 2 rings (SSSR count). The fourth-order valence-electron chi connectivity index (χ4n) is 2.46. The van der Waals surface area contributed by atoms with Gasteiger partial charge in [0.2, 0.25) is 0 Å². The standard InChI is InChI=1S/C14H23N3/c1-11(2)17-9-7-13(10-17)16-12(3)14-6-4-5-8-15-14/h4-6,8,11-13,16H,7,9-10H2,1-3H3/t12-,13?/m1/s1. The molecule has 1 fully saturated rings. The van der Waals surface area contributed by atoms with Crippen LogP contribution in [0.4, 0.5) is 0 Å². The van der Waals surface area contributed by atoms with Crippen molar-refractivity contribution in [3.63, 3.8) is 0 Å². The average molecular weight is 233 g/mol. The molecule has 0 aliphatic carbocycles. The largest absolute Gasteiger partial charge is 0.305 e. The van der Waals surface area contributed by atoms with Gasteiger partial charge in [0.25, 0.3) is 0 Å². The number of likely N-dealkylation sites (tertiary alicyclic amines) is 1. The summed E-state index contributed by atoms with van der Waals surface area (Å²) in [5, 5.41) is 3.68. The Morgan fingerprint density at radius 3 is 2.76 bits per heavy atom. The van der Waals surface area contributed by atoms with Crippen molar-refractivity contribution >= 4 is 0 Å². The fourth-order valence-corrected chi connectivity index (χ4v) is 2.46. The molecule has 0 aromatic carbocycles. The Morgan fingerprint density at radius 1 is 1.35 bits per heavy atom. The van der Waals surface area contributed by atoms with Gasteiger partial charge in [-0.1, -0.05) is 6.07 Å². The minimum Gasteiger partial charge on any atom is -0.305 e. The van der Waals surface area contributed by atoms with Crippen molar-refractivity contribution in [1.82, 2.24) is 15.2 Å². The molecular weight excluding hydrogens is 210 g/mol. The van der Waals surface area contributed by atoms with Crippen LogP contribution in [-0.2, 0) is 0 Å². The summed E-state index contributed by atoms with van der Waals surface area (Å²) in [6.45, 7) is 9.11. The zero-order chi connectivity index (χ0) is 12.3. The van der Waals surface area contributed by atoms with Crippen molar-refractivity contribution in [2.75, 3.05) is 13.1 Å². The Hall–Kier alpha value is -0.930. The van der Waals surface area contributed by atoms with Crippen molar-refractivity contribution in [3.05, 3.63) is 30.1 Å². The van der Waals surface area contributed by atoms with Gasteiger partial charge in [-0.3, -0.25) is 9.88 Å². The van der Waals surface area contributed by atoms with Gasteiger partial charge in [0.1, 0.15) is 0 Å². The summed E-state index contributed by atoms with van der Waals surface area (Å²) in [5.41, 5.74) is 1.13. The van der Waals surface area contributed by atoms with Gasteiger partial charge in [-0.15, -0.1) is 0 Å².